The van der Waals surface area contributed by atoms with Crippen molar-refractivity contribution in [3.8, 4) is 0 Å². The molecule has 0 spiro atoms. The van der Waals surface area contributed by atoms with Gasteiger partial charge in [-0.15, -0.1) is 0 Å². The molecule has 0 aromatic heterocycles. The Labute approximate surface area is 115 Å². The fourth-order valence-electron chi connectivity index (χ4n) is 2.42. The second-order valence-corrected chi connectivity index (χ2v) is 7.45. The minimum absolute atomic E-state index is 0.0713. The normalized spacial score (nSPS) is 15.2. The lowest BCUT2D eigenvalue weighted by atomic mass is 9.75. The maximum atomic E-state index is 11.2. The molecule has 0 saturated carbocycles. The molecule has 0 bridgehead atoms. The van der Waals surface area contributed by atoms with Crippen LogP contribution in [0.15, 0.2) is 24.3 Å². The summed E-state index contributed by atoms with van der Waals surface area (Å²) in [5.41, 5.74) is 7.39. The molecule has 1 unspecified atom stereocenters. The van der Waals surface area contributed by atoms with E-state index in [4.69, 9.17) is 5.73 Å². The highest BCUT2D eigenvalue weighted by Crippen LogP contribution is 2.30. The van der Waals surface area contributed by atoms with E-state index in [1.165, 1.54) is 6.26 Å². The predicted molar refractivity (Wildman–Crippen MR) is 77.9 cm³/mol. The Kier molecular flexibility index (Phi) is 5.52. The van der Waals surface area contributed by atoms with Gasteiger partial charge in [0.1, 0.15) is 9.84 Å². The lowest BCUT2D eigenvalue weighted by molar-refractivity contribution is 0.187. The summed E-state index contributed by atoms with van der Waals surface area (Å²) in [5, 5.41) is 9.75. The molecule has 5 heteroatoms. The predicted octanol–water partition coefficient (Wildman–Crippen LogP) is 1.01. The first-order valence-electron chi connectivity index (χ1n) is 6.39. The standard InChI is InChI=1S/C14H23NO3S/c1-12-6-3-4-7-13(12)14(10-15,11-16)8-5-9-19(2,17)18/h3-4,6-7,16H,5,8-11,15H2,1-2H3. The second kappa shape index (κ2) is 6.50. The van der Waals surface area contributed by atoms with Crippen LogP contribution in [0.5, 0.6) is 0 Å². The van der Waals surface area contributed by atoms with E-state index < -0.39 is 15.3 Å². The average Bonchev–Trinajstić information content (AvgIpc) is 2.35. The van der Waals surface area contributed by atoms with Gasteiger partial charge in [-0.2, -0.15) is 0 Å². The van der Waals surface area contributed by atoms with Crippen molar-refractivity contribution in [2.45, 2.75) is 25.2 Å². The van der Waals surface area contributed by atoms with Gasteiger partial charge in [0, 0.05) is 24.0 Å². The molecule has 1 aromatic carbocycles. The highest BCUT2D eigenvalue weighted by molar-refractivity contribution is 7.90. The first-order chi connectivity index (χ1) is 8.84. The molecule has 19 heavy (non-hydrogen) atoms. The van der Waals surface area contributed by atoms with Gasteiger partial charge >= 0.3 is 0 Å². The van der Waals surface area contributed by atoms with Gasteiger partial charge in [0.2, 0.25) is 0 Å². The lowest BCUT2D eigenvalue weighted by Gasteiger charge is -2.32. The Balaban J connectivity index is 2.95. The number of sulfone groups is 1. The molecular formula is C14H23NO3S. The van der Waals surface area contributed by atoms with Crippen molar-refractivity contribution in [2.24, 2.45) is 5.73 Å². The van der Waals surface area contributed by atoms with Gasteiger partial charge in [-0.25, -0.2) is 8.42 Å². The van der Waals surface area contributed by atoms with Crippen LogP contribution in [0.25, 0.3) is 0 Å². The number of rotatable bonds is 7. The van der Waals surface area contributed by atoms with Crippen molar-refractivity contribution < 1.29 is 13.5 Å². The van der Waals surface area contributed by atoms with Crippen molar-refractivity contribution in [2.75, 3.05) is 25.2 Å². The number of aliphatic hydroxyl groups is 1. The molecule has 0 aliphatic carbocycles. The number of aryl methyl sites for hydroxylation is 1. The highest BCUT2D eigenvalue weighted by Gasteiger charge is 2.31. The molecule has 0 radical (unpaired) electrons. The summed E-state index contributed by atoms with van der Waals surface area (Å²) < 4.78 is 22.4. The monoisotopic (exact) mass is 285 g/mol. The molecule has 0 saturated heterocycles. The van der Waals surface area contributed by atoms with Gasteiger partial charge in [0.15, 0.2) is 0 Å². The SMILES string of the molecule is Cc1ccccc1C(CN)(CO)CCCS(C)(=O)=O. The van der Waals surface area contributed by atoms with Crippen molar-refractivity contribution >= 4 is 9.84 Å². The Hall–Kier alpha value is -0.910. The van der Waals surface area contributed by atoms with Gasteiger partial charge in [-0.3, -0.25) is 0 Å². The van der Waals surface area contributed by atoms with E-state index >= 15 is 0 Å². The van der Waals surface area contributed by atoms with Crippen LogP contribution in [0.2, 0.25) is 0 Å². The van der Waals surface area contributed by atoms with Crippen LogP contribution in [-0.4, -0.2) is 38.7 Å². The molecule has 3 N–H and O–H groups in total. The van der Waals surface area contributed by atoms with Gasteiger partial charge in [-0.1, -0.05) is 24.3 Å². The third-order valence-corrected chi connectivity index (χ3v) is 4.61. The minimum atomic E-state index is -2.98. The van der Waals surface area contributed by atoms with Crippen LogP contribution in [0.3, 0.4) is 0 Å². The van der Waals surface area contributed by atoms with Gasteiger partial charge < -0.3 is 10.8 Å². The Morgan fingerprint density at radius 1 is 1.32 bits per heavy atom. The zero-order valence-corrected chi connectivity index (χ0v) is 12.4. The quantitative estimate of drug-likeness (QED) is 0.783. The summed E-state index contributed by atoms with van der Waals surface area (Å²) >= 11 is 0. The third-order valence-electron chi connectivity index (χ3n) is 3.58. The number of aliphatic hydroxyl groups excluding tert-OH is 1. The zero-order chi connectivity index (χ0) is 14.5. The maximum absolute atomic E-state index is 11.2. The summed E-state index contributed by atoms with van der Waals surface area (Å²) in [6.07, 6.45) is 2.30. The molecule has 1 aromatic rings. The van der Waals surface area contributed by atoms with Crippen LogP contribution in [0, 0.1) is 6.92 Å². The van der Waals surface area contributed by atoms with E-state index in [-0.39, 0.29) is 12.4 Å². The van der Waals surface area contributed by atoms with Crippen LogP contribution in [0.4, 0.5) is 0 Å². The number of hydrogen-bond donors (Lipinski definition) is 2. The Bertz CT molecular complexity index is 507. The van der Waals surface area contributed by atoms with Gasteiger partial charge in [0.25, 0.3) is 0 Å². The largest absolute Gasteiger partial charge is 0.395 e. The van der Waals surface area contributed by atoms with Crippen LogP contribution in [0.1, 0.15) is 24.0 Å². The van der Waals surface area contributed by atoms with Gasteiger partial charge in [0.05, 0.1) is 6.61 Å². The van der Waals surface area contributed by atoms with Crippen LogP contribution < -0.4 is 5.73 Å². The summed E-state index contributed by atoms with van der Waals surface area (Å²) in [6, 6.07) is 7.79. The first kappa shape index (κ1) is 16.1. The Morgan fingerprint density at radius 2 is 1.95 bits per heavy atom. The van der Waals surface area contributed by atoms with Gasteiger partial charge in [-0.05, 0) is 30.9 Å². The minimum Gasteiger partial charge on any atom is -0.395 e. The molecule has 0 heterocycles. The van der Waals surface area contributed by atoms with E-state index in [0.29, 0.717) is 19.4 Å². The van der Waals surface area contributed by atoms with Crippen LogP contribution in [-0.2, 0) is 15.3 Å². The molecular weight excluding hydrogens is 262 g/mol. The van der Waals surface area contributed by atoms with Crippen molar-refractivity contribution in [3.63, 3.8) is 0 Å². The van der Waals surface area contributed by atoms with E-state index in [9.17, 15) is 13.5 Å². The highest BCUT2D eigenvalue weighted by atomic mass is 32.2. The topological polar surface area (TPSA) is 80.4 Å². The molecule has 1 rings (SSSR count). The van der Waals surface area contributed by atoms with Crippen molar-refractivity contribution in [3.05, 3.63) is 35.4 Å². The molecule has 0 amide bonds. The zero-order valence-electron chi connectivity index (χ0n) is 11.6. The van der Waals surface area contributed by atoms with Crippen LogP contribution >= 0.6 is 0 Å². The second-order valence-electron chi connectivity index (χ2n) is 5.19. The lowest BCUT2D eigenvalue weighted by Crippen LogP contribution is -2.39. The molecule has 108 valence electrons. The molecule has 1 atom stereocenters. The molecule has 4 nitrogen and oxygen atoms in total. The number of hydrogen-bond acceptors (Lipinski definition) is 4. The summed E-state index contributed by atoms with van der Waals surface area (Å²) in [6.45, 7) is 2.21. The smallest absolute Gasteiger partial charge is 0.147 e. The fourth-order valence-corrected chi connectivity index (χ4v) is 3.08. The van der Waals surface area contributed by atoms with E-state index in [1.807, 2.05) is 31.2 Å². The summed E-state index contributed by atoms with van der Waals surface area (Å²) in [7, 11) is -2.98. The average molecular weight is 285 g/mol. The van der Waals surface area contributed by atoms with E-state index in [0.717, 1.165) is 11.1 Å². The molecule has 0 fully saturated rings. The Morgan fingerprint density at radius 3 is 2.42 bits per heavy atom. The van der Waals surface area contributed by atoms with E-state index in [1.54, 1.807) is 0 Å². The number of nitrogens with two attached hydrogens (primary N) is 1. The third kappa shape index (κ3) is 4.30. The van der Waals surface area contributed by atoms with E-state index in [2.05, 4.69) is 0 Å². The summed E-state index contributed by atoms with van der Waals surface area (Å²) in [4.78, 5) is 0. The fraction of sp³-hybridized carbons (Fsp3) is 0.571. The molecule has 0 aliphatic heterocycles. The maximum Gasteiger partial charge on any atom is 0.147 e. The summed E-state index contributed by atoms with van der Waals surface area (Å²) in [5.74, 6) is 0.126. The van der Waals surface area contributed by atoms with Crippen molar-refractivity contribution in [1.29, 1.82) is 0 Å². The first-order valence-corrected chi connectivity index (χ1v) is 8.45. The van der Waals surface area contributed by atoms with Crippen molar-refractivity contribution in [1.82, 2.24) is 0 Å². The number of benzene rings is 1. The molecule has 0 aliphatic rings.